The number of sulfonamides is 1. The van der Waals surface area contributed by atoms with Gasteiger partial charge in [0.25, 0.3) is 10.0 Å². The molecule has 4 nitrogen and oxygen atoms in total. The number of halogens is 2. The summed E-state index contributed by atoms with van der Waals surface area (Å²) in [4.78, 5) is 0. The molecule has 0 unspecified atom stereocenters. The Morgan fingerprint density at radius 3 is 2.62 bits per heavy atom. The second-order valence-electron chi connectivity index (χ2n) is 5.03. The molecule has 0 amide bonds. The number of hydrogen-bond donors (Lipinski definition) is 0. The fraction of sp³-hybridized carbons (Fsp3) is 0. The summed E-state index contributed by atoms with van der Waals surface area (Å²) in [7, 11) is -4.09. The molecule has 128 valence electrons. The monoisotopic (exact) mass is 433 g/mol. The second-order valence-corrected chi connectivity index (χ2v) is 8.27. The van der Waals surface area contributed by atoms with Crippen LogP contribution in [-0.4, -0.2) is 14.3 Å². The number of nitrogens with zero attached hydrogens (tertiary/aromatic N) is 1. The van der Waals surface area contributed by atoms with Gasteiger partial charge in [0.15, 0.2) is 0 Å². The summed E-state index contributed by atoms with van der Waals surface area (Å²) in [6.45, 7) is 0. The molecule has 0 N–H and O–H groups in total. The predicted octanol–water partition coefficient (Wildman–Crippen LogP) is 1.32. The van der Waals surface area contributed by atoms with Gasteiger partial charge in [0.2, 0.25) is 0 Å². The van der Waals surface area contributed by atoms with E-state index in [1.165, 1.54) is 35.6 Å². The normalized spacial score (nSPS) is 12.5. The summed E-state index contributed by atoms with van der Waals surface area (Å²) in [6.07, 6.45) is 1.43. The molecule has 1 heterocycles. The maximum atomic E-state index is 12.1. The molecular formula is C17H10Cl2NNaO3S2. The number of hydrogen-bond acceptors (Lipinski definition) is 4. The SMILES string of the molecule is O=S(=O)(/C=C/c1csc2ccccc12)/N=C(\[O-])c1ccc(Cl)cc1Cl.[Na+]. The summed E-state index contributed by atoms with van der Waals surface area (Å²) in [5.74, 6) is -0.943. The zero-order valence-electron chi connectivity index (χ0n) is 13.5. The molecule has 0 aliphatic carbocycles. The first-order valence-corrected chi connectivity index (χ1v) is 10.1. The third-order valence-corrected chi connectivity index (χ3v) is 5.73. The summed E-state index contributed by atoms with van der Waals surface area (Å²) in [5, 5.41) is 16.1. The molecule has 0 aliphatic heterocycles. The van der Waals surface area contributed by atoms with Crippen molar-refractivity contribution >= 4 is 66.6 Å². The van der Waals surface area contributed by atoms with Crippen molar-refractivity contribution in [3.8, 4) is 0 Å². The van der Waals surface area contributed by atoms with E-state index in [0.717, 1.165) is 21.1 Å². The largest absolute Gasteiger partial charge is 1.00 e. The molecule has 0 spiro atoms. The van der Waals surface area contributed by atoms with Gasteiger partial charge >= 0.3 is 29.6 Å². The van der Waals surface area contributed by atoms with E-state index in [2.05, 4.69) is 4.40 Å². The Morgan fingerprint density at radius 1 is 1.15 bits per heavy atom. The average molecular weight is 434 g/mol. The molecule has 0 bridgehead atoms. The average Bonchev–Trinajstić information content (AvgIpc) is 2.95. The second kappa shape index (κ2) is 8.89. The van der Waals surface area contributed by atoms with Crippen LogP contribution in [0.4, 0.5) is 0 Å². The molecule has 26 heavy (non-hydrogen) atoms. The van der Waals surface area contributed by atoms with E-state index in [4.69, 9.17) is 23.2 Å². The minimum absolute atomic E-state index is 0. The van der Waals surface area contributed by atoms with Gasteiger partial charge in [0.1, 0.15) is 0 Å². The van der Waals surface area contributed by atoms with Crippen LogP contribution in [0.3, 0.4) is 0 Å². The molecule has 0 aliphatic rings. The van der Waals surface area contributed by atoms with Crippen molar-refractivity contribution in [3.63, 3.8) is 0 Å². The van der Waals surface area contributed by atoms with E-state index in [1.54, 1.807) is 0 Å². The standard InChI is InChI=1S/C17H11Cl2NO3S2.Na/c18-12-5-6-14(15(19)9-12)17(21)20-25(22,23)8-7-11-10-24-16-4-2-1-3-13(11)16;/h1-10H,(H,20,21);/q;+1/p-1/b8-7+;. The molecule has 3 aromatic rings. The first-order valence-electron chi connectivity index (χ1n) is 6.97. The van der Waals surface area contributed by atoms with Crippen LogP contribution < -0.4 is 34.7 Å². The molecule has 0 radical (unpaired) electrons. The van der Waals surface area contributed by atoms with E-state index in [9.17, 15) is 13.5 Å². The summed E-state index contributed by atoms with van der Waals surface area (Å²) >= 11 is 13.2. The van der Waals surface area contributed by atoms with E-state index in [0.29, 0.717) is 5.02 Å². The van der Waals surface area contributed by atoms with Crippen LogP contribution in [0, 0.1) is 0 Å². The fourth-order valence-electron chi connectivity index (χ4n) is 2.14. The van der Waals surface area contributed by atoms with Gasteiger partial charge in [-0.25, -0.2) is 0 Å². The van der Waals surface area contributed by atoms with Gasteiger partial charge < -0.3 is 5.11 Å². The third-order valence-electron chi connectivity index (χ3n) is 3.30. The molecule has 3 rings (SSSR count). The van der Waals surface area contributed by atoms with Crippen molar-refractivity contribution in [2.75, 3.05) is 0 Å². The van der Waals surface area contributed by atoms with Gasteiger partial charge in [-0.05, 0) is 40.6 Å². The molecule has 0 fully saturated rings. The maximum absolute atomic E-state index is 12.1. The van der Waals surface area contributed by atoms with Gasteiger partial charge in [-0.3, -0.25) is 0 Å². The minimum Gasteiger partial charge on any atom is -0.858 e. The van der Waals surface area contributed by atoms with Gasteiger partial charge in [0, 0.05) is 21.2 Å². The van der Waals surface area contributed by atoms with Crippen molar-refractivity contribution < 1.29 is 43.1 Å². The number of fused-ring (bicyclic) bond motifs is 1. The number of rotatable bonds is 4. The summed E-state index contributed by atoms with van der Waals surface area (Å²) < 4.78 is 28.5. The molecule has 2 aromatic carbocycles. The van der Waals surface area contributed by atoms with E-state index in [1.807, 2.05) is 29.6 Å². The Hall–Kier alpha value is -0.860. The van der Waals surface area contributed by atoms with Crippen LogP contribution in [0.2, 0.25) is 10.0 Å². The maximum Gasteiger partial charge on any atom is 1.00 e. The Balaban J connectivity index is 0.00000243. The molecule has 9 heteroatoms. The van der Waals surface area contributed by atoms with Gasteiger partial charge in [0.05, 0.1) is 10.4 Å². The summed E-state index contributed by atoms with van der Waals surface area (Å²) in [6, 6.07) is 11.8. The molecule has 0 saturated heterocycles. The third kappa shape index (κ3) is 5.10. The smallest absolute Gasteiger partial charge is 0.858 e. The minimum atomic E-state index is -4.09. The van der Waals surface area contributed by atoms with Crippen molar-refractivity contribution in [2.24, 2.45) is 4.40 Å². The van der Waals surface area contributed by atoms with Crippen LogP contribution in [0.1, 0.15) is 11.1 Å². The van der Waals surface area contributed by atoms with Gasteiger partial charge in [-0.1, -0.05) is 47.5 Å². The first-order chi connectivity index (χ1) is 11.9. The Morgan fingerprint density at radius 2 is 1.88 bits per heavy atom. The van der Waals surface area contributed by atoms with E-state index in [-0.39, 0.29) is 40.1 Å². The molecular weight excluding hydrogens is 424 g/mol. The number of thiophene rings is 1. The molecule has 0 atom stereocenters. The summed E-state index contributed by atoms with van der Waals surface area (Å²) in [5.41, 5.74) is 0.723. The van der Waals surface area contributed by atoms with Crippen LogP contribution in [0.25, 0.3) is 16.2 Å². The van der Waals surface area contributed by atoms with Crippen molar-refractivity contribution in [2.45, 2.75) is 0 Å². The van der Waals surface area contributed by atoms with Crippen LogP contribution >= 0.6 is 34.5 Å². The van der Waals surface area contributed by atoms with Gasteiger partial charge in [-0.2, -0.15) is 12.8 Å². The Labute approximate surface area is 187 Å². The van der Waals surface area contributed by atoms with Crippen LogP contribution in [0.15, 0.2) is 57.7 Å². The Kier molecular flexibility index (Phi) is 7.33. The topological polar surface area (TPSA) is 69.6 Å². The predicted molar refractivity (Wildman–Crippen MR) is 103 cm³/mol. The van der Waals surface area contributed by atoms with Crippen molar-refractivity contribution in [3.05, 3.63) is 74.4 Å². The van der Waals surface area contributed by atoms with Crippen LogP contribution in [0.5, 0.6) is 0 Å². The number of benzene rings is 2. The van der Waals surface area contributed by atoms with E-state index < -0.39 is 15.9 Å². The fourth-order valence-corrected chi connectivity index (χ4v) is 4.27. The first kappa shape index (κ1) is 21.4. The van der Waals surface area contributed by atoms with Crippen LogP contribution in [-0.2, 0) is 10.0 Å². The molecule has 1 aromatic heterocycles. The van der Waals surface area contributed by atoms with Gasteiger partial charge in [-0.15, -0.1) is 11.3 Å². The Bertz CT molecular complexity index is 1110. The van der Waals surface area contributed by atoms with Crippen molar-refractivity contribution in [1.82, 2.24) is 0 Å². The molecule has 0 saturated carbocycles. The zero-order chi connectivity index (χ0) is 18.0. The quantitative estimate of drug-likeness (QED) is 0.354. The van der Waals surface area contributed by atoms with Crippen molar-refractivity contribution in [1.29, 1.82) is 0 Å². The zero-order valence-corrected chi connectivity index (χ0v) is 18.7. The van der Waals surface area contributed by atoms with E-state index >= 15 is 0 Å².